The second kappa shape index (κ2) is 8.14. The Morgan fingerprint density at radius 2 is 1.79 bits per heavy atom. The van der Waals surface area contributed by atoms with Crippen LogP contribution in [0.5, 0.6) is 0 Å². The van der Waals surface area contributed by atoms with Crippen molar-refractivity contribution in [2.24, 2.45) is 0 Å². The lowest BCUT2D eigenvalue weighted by atomic mass is 10.1. The van der Waals surface area contributed by atoms with Crippen molar-refractivity contribution >= 4 is 17.4 Å². The van der Waals surface area contributed by atoms with Gasteiger partial charge in [0.05, 0.1) is 6.54 Å². The monoisotopic (exact) mass is 393 g/mol. The minimum atomic E-state index is -4.49. The number of benzene rings is 1. The van der Waals surface area contributed by atoms with Crippen LogP contribution in [-0.4, -0.2) is 53.7 Å². The van der Waals surface area contributed by atoms with Crippen LogP contribution < -0.4 is 10.2 Å². The smallest absolute Gasteiger partial charge is 0.353 e. The third kappa shape index (κ3) is 4.78. The van der Waals surface area contributed by atoms with Crippen molar-refractivity contribution in [2.45, 2.75) is 20.0 Å². The van der Waals surface area contributed by atoms with Crippen LogP contribution in [0.15, 0.2) is 30.3 Å². The number of nitrogens with zero attached hydrogens (tertiary/aromatic N) is 4. The van der Waals surface area contributed by atoms with Gasteiger partial charge in [0.15, 0.2) is 11.5 Å². The lowest BCUT2D eigenvalue weighted by Crippen LogP contribution is -2.49. The van der Waals surface area contributed by atoms with Gasteiger partial charge in [-0.05, 0) is 43.2 Å². The maximum Gasteiger partial charge on any atom is 0.435 e. The maximum atomic E-state index is 12.6. The van der Waals surface area contributed by atoms with Crippen molar-refractivity contribution in [3.8, 4) is 0 Å². The van der Waals surface area contributed by atoms with Gasteiger partial charge in [-0.3, -0.25) is 9.69 Å². The first-order valence-electron chi connectivity index (χ1n) is 8.98. The molecular formula is C19H22F3N5O. The molecule has 0 saturated carbocycles. The number of piperazine rings is 1. The fourth-order valence-corrected chi connectivity index (χ4v) is 3.06. The highest BCUT2D eigenvalue weighted by atomic mass is 19.4. The molecule has 1 aliphatic heterocycles. The minimum absolute atomic E-state index is 0.0866. The van der Waals surface area contributed by atoms with E-state index in [1.807, 2.05) is 41.8 Å². The number of alkyl halides is 3. The van der Waals surface area contributed by atoms with Gasteiger partial charge in [0.25, 0.3) is 0 Å². The molecule has 150 valence electrons. The highest BCUT2D eigenvalue weighted by Crippen LogP contribution is 2.27. The molecule has 0 aliphatic carbocycles. The Labute approximate surface area is 161 Å². The number of nitrogens with one attached hydrogen (secondary N) is 1. The molecule has 6 nitrogen and oxygen atoms in total. The van der Waals surface area contributed by atoms with Crippen LogP contribution in [0.4, 0.5) is 24.7 Å². The number of halogens is 3. The molecule has 0 bridgehead atoms. The first-order chi connectivity index (χ1) is 13.2. The summed E-state index contributed by atoms with van der Waals surface area (Å²) >= 11 is 0. The van der Waals surface area contributed by atoms with E-state index < -0.39 is 11.9 Å². The zero-order chi connectivity index (χ0) is 20.3. The van der Waals surface area contributed by atoms with E-state index in [4.69, 9.17) is 0 Å². The predicted octanol–water partition coefficient (Wildman–Crippen LogP) is 2.87. The molecule has 1 saturated heterocycles. The molecular weight excluding hydrogens is 371 g/mol. The largest absolute Gasteiger partial charge is 0.435 e. The molecule has 0 radical (unpaired) electrons. The summed E-state index contributed by atoms with van der Waals surface area (Å²) in [6.07, 6.45) is -4.49. The summed E-state index contributed by atoms with van der Waals surface area (Å²) in [5.74, 6) is 0.323. The standard InChI is InChI=1S/C19H22F3N5O/c1-13-4-3-5-15(14(13)2)23-18(28)12-26-8-10-27(11-9-26)17-7-6-16(24-25-17)19(20,21)22/h3-7H,8-12H2,1-2H3,(H,23,28). The topological polar surface area (TPSA) is 61.4 Å². The average Bonchev–Trinajstić information content (AvgIpc) is 2.65. The van der Waals surface area contributed by atoms with Gasteiger partial charge in [0, 0.05) is 31.9 Å². The highest BCUT2D eigenvalue weighted by molar-refractivity contribution is 5.93. The van der Waals surface area contributed by atoms with Gasteiger partial charge in [-0.15, -0.1) is 10.2 Å². The Bertz CT molecular complexity index is 830. The van der Waals surface area contributed by atoms with E-state index in [1.165, 1.54) is 6.07 Å². The van der Waals surface area contributed by atoms with Crippen molar-refractivity contribution in [3.63, 3.8) is 0 Å². The van der Waals surface area contributed by atoms with E-state index in [-0.39, 0.29) is 12.5 Å². The normalized spacial score (nSPS) is 15.5. The third-order valence-electron chi connectivity index (χ3n) is 4.88. The van der Waals surface area contributed by atoms with Gasteiger partial charge < -0.3 is 10.2 Å². The van der Waals surface area contributed by atoms with Crippen molar-refractivity contribution in [1.29, 1.82) is 0 Å². The van der Waals surface area contributed by atoms with E-state index >= 15 is 0 Å². The van der Waals surface area contributed by atoms with Crippen molar-refractivity contribution in [1.82, 2.24) is 15.1 Å². The number of aryl methyl sites for hydroxylation is 1. The summed E-state index contributed by atoms with van der Waals surface area (Å²) in [6.45, 7) is 6.59. The summed E-state index contributed by atoms with van der Waals surface area (Å²) in [7, 11) is 0. The van der Waals surface area contributed by atoms with Gasteiger partial charge >= 0.3 is 6.18 Å². The number of rotatable bonds is 4. The van der Waals surface area contributed by atoms with Crippen molar-refractivity contribution in [2.75, 3.05) is 42.9 Å². The van der Waals surface area contributed by atoms with E-state index in [1.54, 1.807) is 0 Å². The van der Waals surface area contributed by atoms with Crippen LogP contribution in [0.1, 0.15) is 16.8 Å². The zero-order valence-electron chi connectivity index (χ0n) is 15.8. The number of carbonyl (C=O) groups is 1. The molecule has 1 aromatic heterocycles. The predicted molar refractivity (Wildman–Crippen MR) is 100 cm³/mol. The number of anilines is 2. The van der Waals surface area contributed by atoms with Gasteiger partial charge in [0.1, 0.15) is 0 Å². The molecule has 0 atom stereocenters. The quantitative estimate of drug-likeness (QED) is 0.866. The molecule has 28 heavy (non-hydrogen) atoms. The Hall–Kier alpha value is -2.68. The van der Waals surface area contributed by atoms with E-state index in [0.717, 1.165) is 22.9 Å². The summed E-state index contributed by atoms with van der Waals surface area (Å²) < 4.78 is 37.7. The number of aromatic nitrogens is 2. The van der Waals surface area contributed by atoms with Crippen LogP contribution in [0.25, 0.3) is 0 Å². The van der Waals surface area contributed by atoms with Crippen LogP contribution in [0.3, 0.4) is 0 Å². The van der Waals surface area contributed by atoms with E-state index in [9.17, 15) is 18.0 Å². The molecule has 1 fully saturated rings. The second-order valence-electron chi connectivity index (χ2n) is 6.83. The number of hydrogen-bond acceptors (Lipinski definition) is 5. The molecule has 9 heteroatoms. The lowest BCUT2D eigenvalue weighted by molar-refractivity contribution is -0.141. The molecule has 1 N–H and O–H groups in total. The Kier molecular flexibility index (Phi) is 5.83. The summed E-state index contributed by atoms with van der Waals surface area (Å²) in [5.41, 5.74) is 1.97. The van der Waals surface area contributed by atoms with Gasteiger partial charge in [0.2, 0.25) is 5.91 Å². The first kappa shape index (κ1) is 20.1. The SMILES string of the molecule is Cc1cccc(NC(=O)CN2CCN(c3ccc(C(F)(F)F)nn3)CC2)c1C. The van der Waals surface area contributed by atoms with Gasteiger partial charge in [-0.1, -0.05) is 12.1 Å². The van der Waals surface area contributed by atoms with Gasteiger partial charge in [-0.2, -0.15) is 13.2 Å². The fraction of sp³-hybridized carbons (Fsp3) is 0.421. The van der Waals surface area contributed by atoms with E-state index in [0.29, 0.717) is 32.0 Å². The number of amides is 1. The van der Waals surface area contributed by atoms with Crippen molar-refractivity contribution in [3.05, 3.63) is 47.2 Å². The second-order valence-corrected chi connectivity index (χ2v) is 6.83. The molecule has 3 rings (SSSR count). The third-order valence-corrected chi connectivity index (χ3v) is 4.88. The lowest BCUT2D eigenvalue weighted by Gasteiger charge is -2.34. The fourth-order valence-electron chi connectivity index (χ4n) is 3.06. The summed E-state index contributed by atoms with van der Waals surface area (Å²) in [4.78, 5) is 16.2. The van der Waals surface area contributed by atoms with Crippen LogP contribution in [-0.2, 0) is 11.0 Å². The maximum absolute atomic E-state index is 12.6. The highest BCUT2D eigenvalue weighted by Gasteiger charge is 2.33. The average molecular weight is 393 g/mol. The molecule has 0 spiro atoms. The molecule has 1 amide bonds. The molecule has 2 aromatic rings. The molecule has 1 aromatic carbocycles. The first-order valence-corrected chi connectivity index (χ1v) is 8.98. The summed E-state index contributed by atoms with van der Waals surface area (Å²) in [6, 6.07) is 8.04. The Morgan fingerprint density at radius 1 is 1.07 bits per heavy atom. The minimum Gasteiger partial charge on any atom is -0.353 e. The molecule has 2 heterocycles. The van der Waals surface area contributed by atoms with E-state index in [2.05, 4.69) is 15.5 Å². The van der Waals surface area contributed by atoms with Crippen LogP contribution >= 0.6 is 0 Å². The zero-order valence-corrected chi connectivity index (χ0v) is 15.8. The van der Waals surface area contributed by atoms with Crippen LogP contribution in [0.2, 0.25) is 0 Å². The Balaban J connectivity index is 1.51. The van der Waals surface area contributed by atoms with Gasteiger partial charge in [-0.25, -0.2) is 0 Å². The molecule has 0 unspecified atom stereocenters. The summed E-state index contributed by atoms with van der Waals surface area (Å²) in [5, 5.41) is 9.89. The Morgan fingerprint density at radius 3 is 2.39 bits per heavy atom. The number of carbonyl (C=O) groups excluding carboxylic acids is 1. The number of hydrogen-bond donors (Lipinski definition) is 1. The van der Waals surface area contributed by atoms with Crippen LogP contribution in [0, 0.1) is 13.8 Å². The molecule has 1 aliphatic rings. The van der Waals surface area contributed by atoms with Crippen molar-refractivity contribution < 1.29 is 18.0 Å².